The first-order valence-electron chi connectivity index (χ1n) is 14.1. The number of carbonyl (C=O) groups is 6. The molecule has 0 unspecified atom stereocenters. The Kier molecular flexibility index (Phi) is 17.9. The molecule has 0 saturated carbocycles. The largest absolute Gasteiger partial charge is 0.394 e. The third-order valence-electron chi connectivity index (χ3n) is 6.83. The van der Waals surface area contributed by atoms with Crippen LogP contribution in [0.1, 0.15) is 38.5 Å². The van der Waals surface area contributed by atoms with Gasteiger partial charge in [0.15, 0.2) is 0 Å². The normalized spacial score (nSPS) is 17.6. The molecule has 0 radical (unpaired) electrons. The highest BCUT2D eigenvalue weighted by Gasteiger charge is 2.32. The number of aliphatic hydroxyl groups excluding tert-OH is 2. The molecular weight excluding hydrogens is 590 g/mol. The zero-order valence-corrected chi connectivity index (χ0v) is 24.8. The molecule has 44 heavy (non-hydrogen) atoms. The molecule has 0 aliphatic carbocycles. The van der Waals surface area contributed by atoms with Gasteiger partial charge in [0.05, 0.1) is 25.3 Å². The van der Waals surface area contributed by atoms with Crippen LogP contribution in [0.3, 0.4) is 0 Å². The molecule has 0 aromatic heterocycles. The molecule has 20 nitrogen and oxygen atoms in total. The van der Waals surface area contributed by atoms with E-state index in [0.717, 1.165) is 0 Å². The number of aliphatic hydroxyl groups is 2. The zero-order chi connectivity index (χ0) is 33.2. The third-order valence-corrected chi connectivity index (χ3v) is 6.83. The number of amides is 6. The first-order chi connectivity index (χ1) is 20.9. The number of hydrazine groups is 1. The van der Waals surface area contributed by atoms with Crippen molar-refractivity contribution in [3.63, 3.8) is 0 Å². The van der Waals surface area contributed by atoms with Crippen molar-refractivity contribution in [2.24, 2.45) is 0 Å². The molecule has 0 bridgehead atoms. The average molecular weight is 636 g/mol. The molecule has 11 N–H and O–H groups in total. The minimum Gasteiger partial charge on any atom is -0.394 e. The van der Waals surface area contributed by atoms with Crippen molar-refractivity contribution in [2.75, 3.05) is 46.9 Å². The minimum atomic E-state index is -1.47. The van der Waals surface area contributed by atoms with Crippen LogP contribution in [0.15, 0.2) is 0 Å². The molecule has 1 aliphatic heterocycles. The van der Waals surface area contributed by atoms with Crippen molar-refractivity contribution in [1.82, 2.24) is 47.3 Å². The Bertz CT molecular complexity index is 961. The average Bonchev–Trinajstić information content (AvgIpc) is 3.01. The van der Waals surface area contributed by atoms with E-state index in [0.29, 0.717) is 23.0 Å². The Morgan fingerprint density at radius 3 is 2.05 bits per heavy atom. The quantitative estimate of drug-likeness (QED) is 0.0243. The number of likely N-dealkylation sites (N-methyl/N-ethyl adjacent to an activating group) is 2. The summed E-state index contributed by atoms with van der Waals surface area (Å²) in [7, 11) is 2.96. The number of rotatable bonds is 21. The Hall–Kier alpha value is -3.50. The SMILES string of the molecule is CN[C@@H](CCCN(O)C(=O)[C@H](CO)NC(=O)[C@H](CCCNN(O)C=O)NC)C(=O)N[C@@H](CO)C(=O)N[C@@H]1CCCN(O)C1=O. The molecule has 1 aliphatic rings. The predicted molar refractivity (Wildman–Crippen MR) is 148 cm³/mol. The van der Waals surface area contributed by atoms with Gasteiger partial charge in [-0.15, -0.1) is 0 Å². The van der Waals surface area contributed by atoms with Crippen LogP contribution in [-0.4, -0.2) is 154 Å². The monoisotopic (exact) mass is 635 g/mol. The number of nitrogens with zero attached hydrogens (tertiary/aromatic N) is 3. The van der Waals surface area contributed by atoms with Crippen LogP contribution >= 0.6 is 0 Å². The van der Waals surface area contributed by atoms with E-state index >= 15 is 0 Å². The molecule has 6 amide bonds. The van der Waals surface area contributed by atoms with Gasteiger partial charge in [0.25, 0.3) is 11.8 Å². The summed E-state index contributed by atoms with van der Waals surface area (Å²) in [6.45, 7) is -1.56. The molecule has 5 atom stereocenters. The van der Waals surface area contributed by atoms with E-state index in [9.17, 15) is 49.4 Å². The van der Waals surface area contributed by atoms with Crippen LogP contribution in [0.5, 0.6) is 0 Å². The molecule has 1 saturated heterocycles. The van der Waals surface area contributed by atoms with Crippen LogP contribution < -0.4 is 32.0 Å². The Morgan fingerprint density at radius 2 is 1.50 bits per heavy atom. The van der Waals surface area contributed by atoms with E-state index in [1.165, 1.54) is 14.1 Å². The second-order valence-corrected chi connectivity index (χ2v) is 9.94. The lowest BCUT2D eigenvalue weighted by Crippen LogP contribution is -2.58. The summed E-state index contributed by atoms with van der Waals surface area (Å²) in [5.41, 5.74) is 2.36. The molecule has 20 heteroatoms. The molecule has 0 aromatic rings. The van der Waals surface area contributed by atoms with Gasteiger partial charge in [0.1, 0.15) is 18.1 Å². The van der Waals surface area contributed by atoms with Gasteiger partial charge in [-0.3, -0.25) is 44.4 Å². The van der Waals surface area contributed by atoms with Gasteiger partial charge in [0, 0.05) is 19.6 Å². The van der Waals surface area contributed by atoms with Crippen molar-refractivity contribution in [3.05, 3.63) is 0 Å². The highest BCUT2D eigenvalue weighted by molar-refractivity contribution is 5.93. The number of hydroxylamine groups is 5. The van der Waals surface area contributed by atoms with Crippen LogP contribution in [0.4, 0.5) is 0 Å². The van der Waals surface area contributed by atoms with E-state index in [-0.39, 0.29) is 56.9 Å². The molecular formula is C24H45N9O11. The van der Waals surface area contributed by atoms with Crippen molar-refractivity contribution in [1.29, 1.82) is 0 Å². The van der Waals surface area contributed by atoms with Crippen molar-refractivity contribution >= 4 is 35.9 Å². The Labute approximate surface area is 253 Å². The summed E-state index contributed by atoms with van der Waals surface area (Å²) in [5, 5.41) is 61.7. The first kappa shape index (κ1) is 38.5. The standard InChI is InChI=1S/C24H45N9O11/c1-25-15(6-3-9-27-33(44)14-36)21(38)30-19(13-35)24(41)32(43)10-4-7-16(26-2)20(37)29-18(12-34)22(39)28-17-8-5-11-31(42)23(17)40/h14-19,25-27,34-35,42-44H,3-13H2,1-2H3,(H,28,39)(H,29,37)(H,30,38)/t15-,16-,17+,18-,19-/m0/s1. The third kappa shape index (κ3) is 12.6. The van der Waals surface area contributed by atoms with Gasteiger partial charge >= 0.3 is 0 Å². The lowest BCUT2D eigenvalue weighted by molar-refractivity contribution is -0.173. The summed E-state index contributed by atoms with van der Waals surface area (Å²) in [4.78, 5) is 72.8. The zero-order valence-electron chi connectivity index (χ0n) is 24.8. The minimum absolute atomic E-state index is 0.0639. The highest BCUT2D eigenvalue weighted by atomic mass is 16.5. The lowest BCUT2D eigenvalue weighted by Gasteiger charge is -2.29. The number of nitrogens with one attached hydrogen (secondary N) is 6. The summed E-state index contributed by atoms with van der Waals surface area (Å²) in [6, 6.07) is -5.55. The number of hydrogen-bond donors (Lipinski definition) is 11. The van der Waals surface area contributed by atoms with Gasteiger partial charge in [-0.25, -0.2) is 15.6 Å². The maximum Gasteiger partial charge on any atom is 0.270 e. The highest BCUT2D eigenvalue weighted by Crippen LogP contribution is 2.10. The van der Waals surface area contributed by atoms with Gasteiger partial charge in [-0.2, -0.15) is 5.17 Å². The van der Waals surface area contributed by atoms with Gasteiger partial charge in [0.2, 0.25) is 24.1 Å². The fourth-order valence-electron chi connectivity index (χ4n) is 4.27. The summed E-state index contributed by atoms with van der Waals surface area (Å²) in [6.07, 6.45) is 1.60. The number of carbonyl (C=O) groups excluding carboxylic acids is 6. The van der Waals surface area contributed by atoms with E-state index in [1.807, 2.05) is 0 Å². The van der Waals surface area contributed by atoms with E-state index in [2.05, 4.69) is 32.0 Å². The van der Waals surface area contributed by atoms with Crippen LogP contribution in [0, 0.1) is 0 Å². The summed E-state index contributed by atoms with van der Waals surface area (Å²) in [5.74, 6) is -3.84. The predicted octanol–water partition coefficient (Wildman–Crippen LogP) is -5.26. The molecule has 1 rings (SSSR count). The van der Waals surface area contributed by atoms with Crippen LogP contribution in [0.2, 0.25) is 0 Å². The summed E-state index contributed by atoms with van der Waals surface area (Å²) >= 11 is 0. The number of hydrogen-bond acceptors (Lipinski definition) is 14. The van der Waals surface area contributed by atoms with Gasteiger partial charge in [-0.1, -0.05) is 0 Å². The molecule has 0 spiro atoms. The van der Waals surface area contributed by atoms with Crippen molar-refractivity contribution in [3.8, 4) is 0 Å². The van der Waals surface area contributed by atoms with E-state index < -0.39 is 73.0 Å². The van der Waals surface area contributed by atoms with Gasteiger partial charge < -0.3 is 36.8 Å². The molecule has 1 fully saturated rings. The van der Waals surface area contributed by atoms with E-state index in [1.54, 1.807) is 0 Å². The van der Waals surface area contributed by atoms with Crippen LogP contribution in [0.25, 0.3) is 0 Å². The number of piperidine rings is 1. The van der Waals surface area contributed by atoms with Crippen LogP contribution in [-0.2, 0) is 28.8 Å². The lowest BCUT2D eigenvalue weighted by atomic mass is 10.1. The molecule has 1 heterocycles. The second-order valence-electron chi connectivity index (χ2n) is 9.94. The molecule has 0 aromatic carbocycles. The topological polar surface area (TPSA) is 285 Å². The Morgan fingerprint density at radius 1 is 0.932 bits per heavy atom. The van der Waals surface area contributed by atoms with Gasteiger partial charge in [-0.05, 0) is 52.6 Å². The maximum absolute atomic E-state index is 12.7. The fraction of sp³-hybridized carbons (Fsp3) is 0.750. The smallest absolute Gasteiger partial charge is 0.270 e. The van der Waals surface area contributed by atoms with E-state index in [4.69, 9.17) is 5.21 Å². The van der Waals surface area contributed by atoms with Crippen molar-refractivity contribution in [2.45, 2.75) is 68.7 Å². The Balaban J connectivity index is 2.57. The molecule has 252 valence electrons. The second kappa shape index (κ2) is 20.5. The maximum atomic E-state index is 12.7. The fourth-order valence-corrected chi connectivity index (χ4v) is 4.27. The first-order valence-corrected chi connectivity index (χ1v) is 14.1. The van der Waals surface area contributed by atoms with Crippen molar-refractivity contribution < 1.29 is 54.6 Å². The summed E-state index contributed by atoms with van der Waals surface area (Å²) < 4.78 is 0.